The number of pyridine rings is 1. The Balaban J connectivity index is 2.12. The Hall–Kier alpha value is -1.17. The summed E-state index contributed by atoms with van der Waals surface area (Å²) in [6.07, 6.45) is 3.15. The van der Waals surface area contributed by atoms with Crippen LogP contribution in [0.2, 0.25) is 5.02 Å². The van der Waals surface area contributed by atoms with E-state index < -0.39 is 5.97 Å². The average molecular weight is 284 g/mol. The lowest BCUT2D eigenvalue weighted by Gasteiger charge is -2.25. The van der Waals surface area contributed by atoms with Crippen molar-refractivity contribution in [3.63, 3.8) is 0 Å². The molecule has 1 aromatic heterocycles. The zero-order chi connectivity index (χ0) is 13.8. The summed E-state index contributed by atoms with van der Waals surface area (Å²) in [7, 11) is 0. The molecule has 104 valence electrons. The van der Waals surface area contributed by atoms with Gasteiger partial charge in [0.05, 0.1) is 10.6 Å². The second kappa shape index (κ2) is 6.32. The van der Waals surface area contributed by atoms with E-state index in [1.54, 1.807) is 11.3 Å². The minimum atomic E-state index is -0.443. The van der Waals surface area contributed by atoms with Gasteiger partial charge in [0.15, 0.2) is 0 Å². The molecular formula is C13H18ClN3O2. The Morgan fingerprint density at radius 1 is 1.42 bits per heavy atom. The molecule has 0 aromatic carbocycles. The standard InChI is InChI=1S/C13H18ClN3O2/c1-9(2)10-7-16-8-11(12(10)14)13(18)19-17-5-3-15-4-6-17/h7-9,15H,3-6H2,1-2H3. The van der Waals surface area contributed by atoms with Gasteiger partial charge in [-0.2, -0.15) is 0 Å². The molecule has 0 amide bonds. The third-order valence-electron chi connectivity index (χ3n) is 3.04. The summed E-state index contributed by atoms with van der Waals surface area (Å²) in [6.45, 7) is 7.00. The Labute approximate surface area is 117 Å². The maximum absolute atomic E-state index is 12.1. The molecule has 2 heterocycles. The molecule has 1 saturated heterocycles. The number of aromatic nitrogens is 1. The number of nitrogens with zero attached hydrogens (tertiary/aromatic N) is 2. The molecular weight excluding hydrogens is 266 g/mol. The van der Waals surface area contributed by atoms with Gasteiger partial charge >= 0.3 is 5.97 Å². The SMILES string of the molecule is CC(C)c1cncc(C(=O)ON2CCNCC2)c1Cl. The largest absolute Gasteiger partial charge is 0.364 e. The molecule has 0 unspecified atom stereocenters. The van der Waals surface area contributed by atoms with Crippen LogP contribution in [0, 0.1) is 0 Å². The maximum atomic E-state index is 12.1. The van der Waals surface area contributed by atoms with E-state index in [4.69, 9.17) is 16.4 Å². The second-order valence-electron chi connectivity index (χ2n) is 4.80. The van der Waals surface area contributed by atoms with Crippen molar-refractivity contribution < 1.29 is 9.63 Å². The Kier molecular flexibility index (Phi) is 4.74. The number of carbonyl (C=O) groups excluding carboxylic acids is 1. The minimum Gasteiger partial charge on any atom is -0.364 e. The number of piperazine rings is 1. The first kappa shape index (κ1) is 14.2. The predicted molar refractivity (Wildman–Crippen MR) is 73.2 cm³/mol. The van der Waals surface area contributed by atoms with Crippen molar-refractivity contribution in [2.75, 3.05) is 26.2 Å². The highest BCUT2D eigenvalue weighted by atomic mass is 35.5. The molecule has 5 nitrogen and oxygen atoms in total. The van der Waals surface area contributed by atoms with Gasteiger partial charge in [-0.3, -0.25) is 4.98 Å². The zero-order valence-corrected chi connectivity index (χ0v) is 11.9. The zero-order valence-electron chi connectivity index (χ0n) is 11.1. The minimum absolute atomic E-state index is 0.215. The average Bonchev–Trinajstić information content (AvgIpc) is 2.39. The first-order valence-corrected chi connectivity index (χ1v) is 6.78. The molecule has 0 saturated carbocycles. The van der Waals surface area contributed by atoms with Gasteiger partial charge in [-0.25, -0.2) is 4.79 Å². The van der Waals surface area contributed by atoms with Crippen LogP contribution in [0.1, 0.15) is 35.7 Å². The van der Waals surface area contributed by atoms with Gasteiger partial charge in [0, 0.05) is 38.6 Å². The molecule has 6 heteroatoms. The van der Waals surface area contributed by atoms with Gasteiger partial charge in [-0.15, -0.1) is 5.06 Å². The van der Waals surface area contributed by atoms with Crippen molar-refractivity contribution in [1.29, 1.82) is 0 Å². The van der Waals surface area contributed by atoms with Gasteiger partial charge in [-0.05, 0) is 11.5 Å². The predicted octanol–water partition coefficient (Wildman–Crippen LogP) is 1.84. The maximum Gasteiger partial charge on any atom is 0.360 e. The van der Waals surface area contributed by atoms with E-state index in [1.165, 1.54) is 6.20 Å². The highest BCUT2D eigenvalue weighted by molar-refractivity contribution is 6.34. The van der Waals surface area contributed by atoms with Crippen LogP contribution in [0.3, 0.4) is 0 Å². The van der Waals surface area contributed by atoms with Crippen LogP contribution < -0.4 is 5.32 Å². The fourth-order valence-electron chi connectivity index (χ4n) is 1.91. The summed E-state index contributed by atoms with van der Waals surface area (Å²) in [4.78, 5) is 21.5. The fourth-order valence-corrected chi connectivity index (χ4v) is 2.30. The summed E-state index contributed by atoms with van der Waals surface area (Å²) >= 11 is 6.24. The highest BCUT2D eigenvalue weighted by Crippen LogP contribution is 2.27. The first-order chi connectivity index (χ1) is 9.09. The molecule has 0 radical (unpaired) electrons. The number of hydrogen-bond acceptors (Lipinski definition) is 5. The van der Waals surface area contributed by atoms with E-state index in [9.17, 15) is 4.79 Å². The number of hydroxylamine groups is 2. The lowest BCUT2D eigenvalue weighted by molar-refractivity contribution is -0.115. The molecule has 0 bridgehead atoms. The molecule has 1 aliphatic heterocycles. The lowest BCUT2D eigenvalue weighted by Crippen LogP contribution is -2.44. The van der Waals surface area contributed by atoms with E-state index in [-0.39, 0.29) is 5.92 Å². The van der Waals surface area contributed by atoms with Crippen LogP contribution in [0.15, 0.2) is 12.4 Å². The number of halogens is 1. The summed E-state index contributed by atoms with van der Waals surface area (Å²) in [5.74, 6) is -0.228. The monoisotopic (exact) mass is 283 g/mol. The van der Waals surface area contributed by atoms with E-state index >= 15 is 0 Å². The lowest BCUT2D eigenvalue weighted by atomic mass is 10.0. The van der Waals surface area contributed by atoms with E-state index in [2.05, 4.69) is 10.3 Å². The third kappa shape index (κ3) is 3.43. The van der Waals surface area contributed by atoms with Crippen molar-refractivity contribution in [3.05, 3.63) is 28.5 Å². The fraction of sp³-hybridized carbons (Fsp3) is 0.538. The van der Waals surface area contributed by atoms with Crippen LogP contribution in [0.5, 0.6) is 0 Å². The normalized spacial score (nSPS) is 16.6. The van der Waals surface area contributed by atoms with E-state index in [1.807, 2.05) is 13.8 Å². The van der Waals surface area contributed by atoms with Gasteiger partial charge in [0.2, 0.25) is 0 Å². The van der Waals surface area contributed by atoms with Gasteiger partial charge < -0.3 is 10.2 Å². The molecule has 1 fully saturated rings. The number of hydrogen-bond donors (Lipinski definition) is 1. The smallest absolute Gasteiger partial charge is 0.360 e. The van der Waals surface area contributed by atoms with Crippen molar-refractivity contribution in [2.24, 2.45) is 0 Å². The van der Waals surface area contributed by atoms with Crippen LogP contribution in [-0.4, -0.2) is 42.2 Å². The summed E-state index contributed by atoms with van der Waals surface area (Å²) in [6, 6.07) is 0. The van der Waals surface area contributed by atoms with Gasteiger partial charge in [-0.1, -0.05) is 25.4 Å². The number of rotatable bonds is 3. The first-order valence-electron chi connectivity index (χ1n) is 6.41. The van der Waals surface area contributed by atoms with Crippen LogP contribution in [-0.2, 0) is 4.84 Å². The molecule has 1 aliphatic rings. The quantitative estimate of drug-likeness (QED) is 0.917. The number of carbonyl (C=O) groups is 1. The van der Waals surface area contributed by atoms with E-state index in [0.717, 1.165) is 18.7 Å². The van der Waals surface area contributed by atoms with E-state index in [0.29, 0.717) is 23.7 Å². The summed E-state index contributed by atoms with van der Waals surface area (Å²) in [5, 5.41) is 5.28. The van der Waals surface area contributed by atoms with Crippen molar-refractivity contribution in [2.45, 2.75) is 19.8 Å². The molecule has 0 atom stereocenters. The molecule has 19 heavy (non-hydrogen) atoms. The Bertz CT molecular complexity index is 459. The summed E-state index contributed by atoms with van der Waals surface area (Å²) < 4.78 is 0. The molecule has 2 rings (SSSR count). The second-order valence-corrected chi connectivity index (χ2v) is 5.18. The van der Waals surface area contributed by atoms with Crippen molar-refractivity contribution in [1.82, 2.24) is 15.4 Å². The van der Waals surface area contributed by atoms with Crippen molar-refractivity contribution in [3.8, 4) is 0 Å². The molecule has 1 aromatic rings. The topological polar surface area (TPSA) is 54.5 Å². The Morgan fingerprint density at radius 3 is 2.74 bits per heavy atom. The van der Waals surface area contributed by atoms with Crippen molar-refractivity contribution >= 4 is 17.6 Å². The Morgan fingerprint density at radius 2 is 2.11 bits per heavy atom. The summed E-state index contributed by atoms with van der Waals surface area (Å²) in [5.41, 5.74) is 1.18. The molecule has 1 N–H and O–H groups in total. The third-order valence-corrected chi connectivity index (χ3v) is 3.46. The molecule has 0 aliphatic carbocycles. The molecule has 0 spiro atoms. The van der Waals surface area contributed by atoms with Gasteiger partial charge in [0.1, 0.15) is 0 Å². The van der Waals surface area contributed by atoms with Crippen LogP contribution in [0.25, 0.3) is 0 Å². The van der Waals surface area contributed by atoms with Crippen LogP contribution in [0.4, 0.5) is 0 Å². The number of nitrogens with one attached hydrogen (secondary N) is 1. The highest BCUT2D eigenvalue weighted by Gasteiger charge is 2.21. The van der Waals surface area contributed by atoms with Gasteiger partial charge in [0.25, 0.3) is 0 Å². The van der Waals surface area contributed by atoms with Crippen LogP contribution >= 0.6 is 11.6 Å².